The lowest BCUT2D eigenvalue weighted by Gasteiger charge is -2.10. The summed E-state index contributed by atoms with van der Waals surface area (Å²) in [5.41, 5.74) is 1.06. The molecule has 1 aliphatic carbocycles. The van der Waals surface area contributed by atoms with E-state index in [0.29, 0.717) is 23.1 Å². The van der Waals surface area contributed by atoms with Crippen LogP contribution in [-0.4, -0.2) is 28.6 Å². The van der Waals surface area contributed by atoms with Crippen LogP contribution < -0.4 is 4.72 Å². The number of nitrogens with one attached hydrogen (secondary N) is 1. The van der Waals surface area contributed by atoms with Crippen molar-refractivity contribution in [1.82, 2.24) is 20.2 Å². The Morgan fingerprint density at radius 3 is 2.68 bits per heavy atom. The highest BCUT2D eigenvalue weighted by molar-refractivity contribution is 7.92. The van der Waals surface area contributed by atoms with Crippen molar-refractivity contribution in [2.24, 2.45) is 0 Å². The molecule has 0 atom stereocenters. The topological polar surface area (TPSA) is 89.8 Å². The molecule has 0 amide bonds. The Kier molecular flexibility index (Phi) is 3.72. The van der Waals surface area contributed by atoms with Crippen LogP contribution in [0.3, 0.4) is 0 Å². The van der Waals surface area contributed by atoms with Crippen LogP contribution in [0.2, 0.25) is 0 Å². The Bertz CT molecular complexity index is 1030. The van der Waals surface area contributed by atoms with E-state index in [1.54, 1.807) is 22.9 Å². The van der Waals surface area contributed by atoms with Gasteiger partial charge in [-0.3, -0.25) is 4.72 Å². The average Bonchev–Trinajstić information content (AvgIpc) is 3.31. The lowest BCUT2D eigenvalue weighted by Crippen LogP contribution is -2.13. The standard InChI is InChI=1S/C16H14FN5O2S/c17-12-4-2-6-15(10-12)25(23,24)19-13-5-1-3-11(9-13)16-18-20-21-22(16)14-7-8-14/h1-6,9-10,14,19H,7-8H2. The third kappa shape index (κ3) is 3.22. The van der Waals surface area contributed by atoms with Gasteiger partial charge in [0, 0.05) is 11.3 Å². The van der Waals surface area contributed by atoms with Crippen LogP contribution >= 0.6 is 0 Å². The van der Waals surface area contributed by atoms with Crippen molar-refractivity contribution in [3.8, 4) is 11.4 Å². The Balaban J connectivity index is 1.65. The number of anilines is 1. The molecule has 1 N–H and O–H groups in total. The predicted octanol–water partition coefficient (Wildman–Crippen LogP) is 2.61. The number of aromatic nitrogens is 4. The first kappa shape index (κ1) is 15.7. The van der Waals surface area contributed by atoms with Gasteiger partial charge in [-0.1, -0.05) is 18.2 Å². The summed E-state index contributed by atoms with van der Waals surface area (Å²) in [5, 5.41) is 11.7. The van der Waals surface area contributed by atoms with Gasteiger partial charge in [0.1, 0.15) is 5.82 Å². The van der Waals surface area contributed by atoms with Crippen LogP contribution in [0.5, 0.6) is 0 Å². The fraction of sp³-hybridized carbons (Fsp3) is 0.188. The van der Waals surface area contributed by atoms with Crippen molar-refractivity contribution in [2.75, 3.05) is 4.72 Å². The summed E-state index contributed by atoms with van der Waals surface area (Å²) < 4.78 is 42.3. The van der Waals surface area contributed by atoms with Gasteiger partial charge in [0.25, 0.3) is 10.0 Å². The number of benzene rings is 2. The van der Waals surface area contributed by atoms with Crippen molar-refractivity contribution in [2.45, 2.75) is 23.8 Å². The maximum absolute atomic E-state index is 13.3. The van der Waals surface area contributed by atoms with Crippen LogP contribution in [0.25, 0.3) is 11.4 Å². The van der Waals surface area contributed by atoms with E-state index in [-0.39, 0.29) is 4.90 Å². The van der Waals surface area contributed by atoms with E-state index in [1.807, 2.05) is 6.07 Å². The highest BCUT2D eigenvalue weighted by Crippen LogP contribution is 2.36. The molecular weight excluding hydrogens is 345 g/mol. The Morgan fingerprint density at radius 2 is 1.92 bits per heavy atom. The molecule has 1 fully saturated rings. The second-order valence-electron chi connectivity index (χ2n) is 5.82. The van der Waals surface area contributed by atoms with Crippen molar-refractivity contribution >= 4 is 15.7 Å². The molecule has 0 spiro atoms. The van der Waals surface area contributed by atoms with Crippen LogP contribution in [0.1, 0.15) is 18.9 Å². The first-order valence-corrected chi connectivity index (χ1v) is 9.18. The third-order valence-corrected chi connectivity index (χ3v) is 5.24. The summed E-state index contributed by atoms with van der Waals surface area (Å²) in [6.45, 7) is 0. The van der Waals surface area contributed by atoms with Crippen LogP contribution in [-0.2, 0) is 10.0 Å². The van der Waals surface area contributed by atoms with E-state index in [1.165, 1.54) is 18.2 Å². The minimum atomic E-state index is -3.88. The zero-order valence-corrected chi connectivity index (χ0v) is 13.8. The van der Waals surface area contributed by atoms with E-state index >= 15 is 0 Å². The van der Waals surface area contributed by atoms with Crippen molar-refractivity contribution in [3.05, 3.63) is 54.3 Å². The lowest BCUT2D eigenvalue weighted by molar-refractivity contribution is 0.595. The molecule has 0 aliphatic heterocycles. The fourth-order valence-electron chi connectivity index (χ4n) is 2.52. The molecule has 2 aromatic carbocycles. The van der Waals surface area contributed by atoms with Gasteiger partial charge < -0.3 is 0 Å². The van der Waals surface area contributed by atoms with Gasteiger partial charge in [0.05, 0.1) is 10.9 Å². The molecule has 1 aromatic heterocycles. The summed E-state index contributed by atoms with van der Waals surface area (Å²) in [6, 6.07) is 11.9. The SMILES string of the molecule is O=S(=O)(Nc1cccc(-c2nnnn2C2CC2)c1)c1cccc(F)c1. The molecule has 0 unspecified atom stereocenters. The Hall–Kier alpha value is -2.81. The van der Waals surface area contributed by atoms with Crippen molar-refractivity contribution < 1.29 is 12.8 Å². The van der Waals surface area contributed by atoms with Gasteiger partial charge >= 0.3 is 0 Å². The predicted molar refractivity (Wildman–Crippen MR) is 88.7 cm³/mol. The Morgan fingerprint density at radius 1 is 1.12 bits per heavy atom. The third-order valence-electron chi connectivity index (χ3n) is 3.86. The molecule has 1 saturated carbocycles. The molecule has 4 rings (SSSR count). The van der Waals surface area contributed by atoms with E-state index in [2.05, 4.69) is 20.2 Å². The van der Waals surface area contributed by atoms with Gasteiger partial charge in [-0.15, -0.1) is 5.10 Å². The number of tetrazole rings is 1. The molecular formula is C16H14FN5O2S. The summed E-state index contributed by atoms with van der Waals surface area (Å²) in [5.74, 6) is -0.0189. The average molecular weight is 359 g/mol. The molecule has 1 aliphatic rings. The van der Waals surface area contributed by atoms with Crippen LogP contribution in [0, 0.1) is 5.82 Å². The molecule has 7 nitrogen and oxygen atoms in total. The molecule has 25 heavy (non-hydrogen) atoms. The highest BCUT2D eigenvalue weighted by Gasteiger charge is 2.28. The van der Waals surface area contributed by atoms with Gasteiger partial charge in [-0.05, 0) is 53.6 Å². The maximum Gasteiger partial charge on any atom is 0.261 e. The molecule has 0 radical (unpaired) electrons. The van der Waals surface area contributed by atoms with E-state index in [9.17, 15) is 12.8 Å². The minimum absolute atomic E-state index is 0.138. The highest BCUT2D eigenvalue weighted by atomic mass is 32.2. The lowest BCUT2D eigenvalue weighted by atomic mass is 10.2. The number of nitrogens with zero attached hydrogens (tertiary/aromatic N) is 4. The number of hydrogen-bond acceptors (Lipinski definition) is 5. The maximum atomic E-state index is 13.3. The fourth-order valence-corrected chi connectivity index (χ4v) is 3.60. The zero-order valence-electron chi connectivity index (χ0n) is 13.0. The normalized spacial score (nSPS) is 14.4. The van der Waals surface area contributed by atoms with Crippen LogP contribution in [0.15, 0.2) is 53.4 Å². The van der Waals surface area contributed by atoms with Crippen molar-refractivity contribution in [1.29, 1.82) is 0 Å². The van der Waals surface area contributed by atoms with Gasteiger partial charge in [0.15, 0.2) is 5.82 Å². The molecule has 9 heteroatoms. The largest absolute Gasteiger partial charge is 0.280 e. The molecule has 0 saturated heterocycles. The molecule has 0 bridgehead atoms. The Labute approximate surface area is 143 Å². The second kappa shape index (κ2) is 5.92. The summed E-state index contributed by atoms with van der Waals surface area (Å²) in [4.78, 5) is -0.138. The first-order valence-electron chi connectivity index (χ1n) is 7.70. The van der Waals surface area contributed by atoms with Gasteiger partial charge in [-0.2, -0.15) is 0 Å². The minimum Gasteiger partial charge on any atom is -0.280 e. The monoisotopic (exact) mass is 359 g/mol. The van der Waals surface area contributed by atoms with Crippen LogP contribution in [0.4, 0.5) is 10.1 Å². The molecule has 128 valence electrons. The summed E-state index contributed by atoms with van der Waals surface area (Å²) in [7, 11) is -3.88. The van der Waals surface area contributed by atoms with E-state index in [0.717, 1.165) is 18.9 Å². The number of halogens is 1. The quantitative estimate of drug-likeness (QED) is 0.756. The molecule has 3 aromatic rings. The molecule has 1 heterocycles. The summed E-state index contributed by atoms with van der Waals surface area (Å²) >= 11 is 0. The zero-order chi connectivity index (χ0) is 17.4. The first-order chi connectivity index (χ1) is 12.0. The number of rotatable bonds is 5. The van der Waals surface area contributed by atoms with Gasteiger partial charge in [-0.25, -0.2) is 17.5 Å². The van der Waals surface area contributed by atoms with E-state index in [4.69, 9.17) is 0 Å². The van der Waals surface area contributed by atoms with E-state index < -0.39 is 15.8 Å². The second-order valence-corrected chi connectivity index (χ2v) is 7.50. The number of hydrogen-bond donors (Lipinski definition) is 1. The summed E-state index contributed by atoms with van der Waals surface area (Å²) in [6.07, 6.45) is 2.06. The van der Waals surface area contributed by atoms with Crippen molar-refractivity contribution in [3.63, 3.8) is 0 Å². The smallest absolute Gasteiger partial charge is 0.261 e. The van der Waals surface area contributed by atoms with Gasteiger partial charge in [0.2, 0.25) is 0 Å². The number of sulfonamides is 1.